The molecule has 1 unspecified atom stereocenters. The number of ether oxygens (including phenoxy) is 2. The standard InChI is InChI=1S/C75H104Br2N16O21S/c1-8-40(4)65-70(107)82-33-63(102)83-55-38-115(112)71-51(24-44(67(104)81-34-64(103)86-65)25-60(99)66(41(5)61(100)36-94)87-69(106)56-29-47(96)35-92(56)72(108)45(26-59(55)98)27-62(78)101)49-18-17-48(30-53(49)85-71)114-75(111)91(7)22-21-90(6)74(110)113-37-43-15-13-42(14-16-43)23-58(97)52(12-9-19-80-73(79)109)84-68(105)50(39(2)3)28-46(95)11-10-20-93-57(32-77)54(31-76)88-89-93/h13-18,30,39-41,44-45,47,50,52,55-56,61,65-66,85,94,96,100H,8-12,19-29,31-38H2,1-7H3,(H2,78,101)(H,81,104)(H,82,107)(H,83,102)(H,84,105)(H,86,103)(H,87,106)(H3,79,80,109)/t40-,41-,44-,45-,47+,50-,52-,55-,56-,61-,65-,66-,115?/m0/s1. The number of aliphatic hydroxyl groups is 3. The number of hydrogen-bond acceptors (Lipinski definition) is 23. The predicted octanol–water partition coefficient (Wildman–Crippen LogP) is 0.393. The Kier molecular flexibility index (Phi) is 35.3. The summed E-state index contributed by atoms with van der Waals surface area (Å²) >= 11 is 6.87. The Morgan fingerprint density at radius 1 is 0.809 bits per heavy atom. The van der Waals surface area contributed by atoms with Crippen LogP contribution in [0.15, 0.2) is 47.5 Å². The molecule has 0 aliphatic carbocycles. The molecule has 1 fully saturated rings. The molecule has 0 radical (unpaired) electrons. The number of halogens is 2. The fourth-order valence-corrected chi connectivity index (χ4v) is 16.1. The number of primary amides is 2. The summed E-state index contributed by atoms with van der Waals surface area (Å²) in [6, 6.07) is 2.57. The molecule has 13 atom stereocenters. The van der Waals surface area contributed by atoms with Crippen molar-refractivity contribution >= 4 is 142 Å². The number of amides is 12. The van der Waals surface area contributed by atoms with E-state index in [1.165, 1.54) is 44.1 Å². The van der Waals surface area contributed by atoms with E-state index >= 15 is 4.21 Å². The van der Waals surface area contributed by atoms with E-state index in [-0.39, 0.29) is 96.7 Å². The molecular weight excluding hydrogens is 1650 g/mol. The lowest BCUT2D eigenvalue weighted by molar-refractivity contribution is -0.145. The molecule has 4 aromatic rings. The second kappa shape index (κ2) is 43.9. The van der Waals surface area contributed by atoms with Gasteiger partial charge in [0.15, 0.2) is 17.3 Å². The van der Waals surface area contributed by atoms with Gasteiger partial charge in [0, 0.05) is 132 Å². The average molecular weight is 1760 g/mol. The summed E-state index contributed by atoms with van der Waals surface area (Å²) in [6.45, 7) is 5.48. The van der Waals surface area contributed by atoms with Crippen LogP contribution in [0.2, 0.25) is 0 Å². The maximum atomic E-state index is 15.3. The number of alkyl halides is 2. The minimum Gasteiger partial charge on any atom is -0.445 e. The van der Waals surface area contributed by atoms with E-state index in [0.29, 0.717) is 47.6 Å². The Balaban J connectivity index is 1.07. The zero-order valence-electron chi connectivity index (χ0n) is 65.2. The van der Waals surface area contributed by atoms with E-state index in [9.17, 15) is 87.2 Å². The van der Waals surface area contributed by atoms with Crippen molar-refractivity contribution in [2.75, 3.05) is 65.7 Å². The number of H-pyrrole nitrogens is 1. The molecule has 115 heavy (non-hydrogen) atoms. The van der Waals surface area contributed by atoms with Gasteiger partial charge in [0.05, 0.1) is 89.4 Å². The van der Waals surface area contributed by atoms with Gasteiger partial charge in [-0.05, 0) is 66.3 Å². The normalized spacial score (nSPS) is 21.5. The van der Waals surface area contributed by atoms with Gasteiger partial charge in [0.2, 0.25) is 47.3 Å². The zero-order valence-corrected chi connectivity index (χ0v) is 69.2. The summed E-state index contributed by atoms with van der Waals surface area (Å²) in [5.41, 5.74) is 13.8. The Bertz CT molecular complexity index is 4240. The molecule has 0 saturated carbocycles. The third-order valence-electron chi connectivity index (χ3n) is 20.7. The Labute approximate surface area is 683 Å². The van der Waals surface area contributed by atoms with Gasteiger partial charge < -0.3 is 93.2 Å². The van der Waals surface area contributed by atoms with Crippen molar-refractivity contribution in [2.45, 2.75) is 183 Å². The van der Waals surface area contributed by atoms with Crippen LogP contribution in [0, 0.1) is 35.5 Å². The van der Waals surface area contributed by atoms with Gasteiger partial charge in [-0.15, -0.1) is 5.10 Å². The number of carbonyl (C=O) groups excluding carboxylic acids is 15. The molecule has 3 aliphatic rings. The number of aliphatic hydroxyl groups excluding tert-OH is 3. The van der Waals surface area contributed by atoms with Crippen molar-refractivity contribution in [1.29, 1.82) is 0 Å². The van der Waals surface area contributed by atoms with Gasteiger partial charge in [0.1, 0.15) is 35.2 Å². The molecule has 40 heteroatoms. The third-order valence-corrected chi connectivity index (χ3v) is 23.2. The van der Waals surface area contributed by atoms with Crippen molar-refractivity contribution in [1.82, 2.24) is 71.9 Å². The number of likely N-dealkylation sites (N-methyl/N-ethyl adjacent to an activating group) is 2. The van der Waals surface area contributed by atoms with Gasteiger partial charge in [-0.2, -0.15) is 0 Å². The maximum Gasteiger partial charge on any atom is 0.415 e. The molecule has 630 valence electrons. The van der Waals surface area contributed by atoms with Gasteiger partial charge in [-0.1, -0.05) is 102 Å². The van der Waals surface area contributed by atoms with Crippen LogP contribution >= 0.6 is 31.9 Å². The molecule has 2 aromatic carbocycles. The number of hydrogen-bond donors (Lipinski definition) is 13. The number of nitrogens with zero attached hydrogens (tertiary/aromatic N) is 6. The monoisotopic (exact) mass is 1750 g/mol. The minimum atomic E-state index is -2.49. The average Bonchev–Trinajstić information content (AvgIpc) is 1.64. The van der Waals surface area contributed by atoms with Crippen molar-refractivity contribution in [3.8, 4) is 5.75 Å². The van der Waals surface area contributed by atoms with Crippen LogP contribution < -0.4 is 53.4 Å². The van der Waals surface area contributed by atoms with Crippen LogP contribution in [0.25, 0.3) is 10.9 Å². The first-order valence-corrected chi connectivity index (χ1v) is 41.5. The van der Waals surface area contributed by atoms with Crippen LogP contribution in [0.4, 0.5) is 14.4 Å². The first-order chi connectivity index (χ1) is 54.5. The molecular formula is C75H104Br2N16O21S. The molecule has 5 heterocycles. The number of urea groups is 1. The van der Waals surface area contributed by atoms with E-state index in [2.05, 4.69) is 84.4 Å². The van der Waals surface area contributed by atoms with Crippen LogP contribution in [0.3, 0.4) is 0 Å². The fourth-order valence-electron chi connectivity index (χ4n) is 13.6. The summed E-state index contributed by atoms with van der Waals surface area (Å²) in [5, 5.41) is 59.4. The second-order valence-electron chi connectivity index (χ2n) is 29.6. The van der Waals surface area contributed by atoms with Gasteiger partial charge in [0.25, 0.3) is 0 Å². The molecule has 2 aromatic heterocycles. The number of ketones is 4. The van der Waals surface area contributed by atoms with Crippen molar-refractivity contribution in [2.24, 2.45) is 47.0 Å². The molecule has 12 amide bonds. The number of aromatic nitrogens is 4. The number of rotatable bonds is 31. The molecule has 37 nitrogen and oxygen atoms in total. The predicted molar refractivity (Wildman–Crippen MR) is 421 cm³/mol. The van der Waals surface area contributed by atoms with Crippen molar-refractivity contribution < 1.29 is 101 Å². The SMILES string of the molecule is CC[C@H](C)[C@@H]1NC(=O)CNC(=O)[C@@H]2CC(=O)[C@H]([C@@H](C)[C@@H](O)CO)NC(=O)[C@@H]3C[C@@H](O)CN3C(=O)[C@H](CC(N)=O)CC(=O)[C@H](CS(=O)c3[nH]c4cc(OC(=O)N(C)CCN(C)C(=O)OCc5ccc(CC(=O)[C@H](CCCNC(N)=O)NC(=O)[C@@H](CC(=O)CCCn6nnc(CBr)c6CBr)C(C)C)cc5)ccc4c3C2)NC(=O)CNC1=O. The summed E-state index contributed by atoms with van der Waals surface area (Å²) in [7, 11) is 0.323. The Morgan fingerprint density at radius 2 is 1.48 bits per heavy atom. The number of fused-ring (bicyclic) bond motifs is 5. The summed E-state index contributed by atoms with van der Waals surface area (Å²) in [6.07, 6.45) is -6.96. The van der Waals surface area contributed by atoms with Crippen LogP contribution in [-0.2, 0) is 110 Å². The number of aromatic amines is 1. The van der Waals surface area contributed by atoms with E-state index < -0.39 is 224 Å². The van der Waals surface area contributed by atoms with E-state index in [0.717, 1.165) is 21.2 Å². The topological polar surface area (TPSA) is 545 Å². The van der Waals surface area contributed by atoms with E-state index in [1.807, 2.05) is 13.8 Å². The Hall–Kier alpha value is -9.64. The molecule has 7 rings (SSSR count). The molecule has 1 saturated heterocycles. The van der Waals surface area contributed by atoms with Gasteiger partial charge in [-0.25, -0.2) is 19.1 Å². The Morgan fingerprint density at radius 3 is 2.12 bits per heavy atom. The third kappa shape index (κ3) is 26.4. The molecule has 2 bridgehead atoms. The first kappa shape index (κ1) is 92.5. The maximum absolute atomic E-state index is 15.3. The fraction of sp³-hybridized carbons (Fsp3) is 0.587. The quantitative estimate of drug-likeness (QED) is 0.0239. The lowest BCUT2D eigenvalue weighted by atomic mass is 9.85. The lowest BCUT2D eigenvalue weighted by Crippen LogP contribution is -2.56. The van der Waals surface area contributed by atoms with Crippen molar-refractivity contribution in [3.63, 3.8) is 0 Å². The van der Waals surface area contributed by atoms with Crippen LogP contribution in [0.5, 0.6) is 5.75 Å². The smallest absolute Gasteiger partial charge is 0.415 e. The number of Topliss-reactive ketones (excluding diaryl/α,β-unsaturated/α-hetero) is 4. The first-order valence-electron chi connectivity index (χ1n) is 37.9. The van der Waals surface area contributed by atoms with Gasteiger partial charge in [-0.3, -0.25) is 61.7 Å². The van der Waals surface area contributed by atoms with Gasteiger partial charge >= 0.3 is 18.2 Å². The van der Waals surface area contributed by atoms with E-state index in [1.54, 1.807) is 42.8 Å². The molecule has 3 aliphatic heterocycles. The van der Waals surface area contributed by atoms with Crippen LogP contribution in [-0.4, -0.2) is 251 Å². The number of nitrogens with two attached hydrogens (primary N) is 2. The highest BCUT2D eigenvalue weighted by Gasteiger charge is 2.46. The van der Waals surface area contributed by atoms with E-state index in [4.69, 9.17) is 20.9 Å². The highest BCUT2D eigenvalue weighted by atomic mass is 79.9. The zero-order chi connectivity index (χ0) is 84.7. The molecule has 15 N–H and O–H groups in total. The van der Waals surface area contributed by atoms with Crippen LogP contribution in [0.1, 0.15) is 127 Å². The largest absolute Gasteiger partial charge is 0.445 e. The number of aryl methyl sites for hydroxylation is 1. The second-order valence-corrected chi connectivity index (χ2v) is 32.2. The highest BCUT2D eigenvalue weighted by molar-refractivity contribution is 9.09. The highest BCUT2D eigenvalue weighted by Crippen LogP contribution is 2.34. The minimum absolute atomic E-state index is 0.0454. The number of carbonyl (C=O) groups is 15. The molecule has 0 spiro atoms. The number of nitrogens with one attached hydrogen (secondary N) is 8. The summed E-state index contributed by atoms with van der Waals surface area (Å²) in [5.74, 6) is -16.8. The number of benzene rings is 2. The summed E-state index contributed by atoms with van der Waals surface area (Å²) < 4.78 is 28.4. The summed E-state index contributed by atoms with van der Waals surface area (Å²) in [4.78, 5) is 214. The van der Waals surface area contributed by atoms with Crippen molar-refractivity contribution in [3.05, 3.63) is 70.5 Å². The lowest BCUT2D eigenvalue weighted by Gasteiger charge is -2.32.